The molecule has 2 aromatic rings. The molecule has 0 N–H and O–H groups in total. The van der Waals surface area contributed by atoms with Crippen LogP contribution in [0.5, 0.6) is 0 Å². The van der Waals surface area contributed by atoms with Crippen LogP contribution in [-0.4, -0.2) is 40.5 Å². The molecule has 1 aliphatic heterocycles. The molecule has 4 atom stereocenters. The minimum atomic E-state index is -1.97. The first kappa shape index (κ1) is 21.0. The van der Waals surface area contributed by atoms with Crippen molar-refractivity contribution in [1.82, 2.24) is 4.90 Å². The third-order valence-corrected chi connectivity index (χ3v) is 6.35. The van der Waals surface area contributed by atoms with E-state index in [1.54, 1.807) is 4.90 Å². The lowest BCUT2D eigenvalue weighted by atomic mass is 9.90. The van der Waals surface area contributed by atoms with Crippen molar-refractivity contribution < 1.29 is 18.7 Å². The lowest BCUT2D eigenvalue weighted by Gasteiger charge is -2.37. The summed E-state index contributed by atoms with van der Waals surface area (Å²) < 4.78 is 21.4. The summed E-state index contributed by atoms with van der Waals surface area (Å²) in [6.07, 6.45) is -1.33. The van der Waals surface area contributed by atoms with Gasteiger partial charge >= 0.3 is 0 Å². The third kappa shape index (κ3) is 3.65. The molecular formula is C24H25ClFNO3. The highest BCUT2D eigenvalue weighted by Crippen LogP contribution is 2.49. The maximum absolute atomic E-state index is 15.2. The van der Waals surface area contributed by atoms with Crippen molar-refractivity contribution in [3.05, 3.63) is 71.3 Å². The van der Waals surface area contributed by atoms with Crippen LogP contribution in [0.4, 0.5) is 4.39 Å². The maximum atomic E-state index is 15.2. The molecule has 1 saturated heterocycles. The second-order valence-corrected chi connectivity index (χ2v) is 8.72. The van der Waals surface area contributed by atoms with E-state index in [0.717, 1.165) is 16.7 Å². The van der Waals surface area contributed by atoms with Crippen LogP contribution in [0, 0.1) is 5.92 Å². The van der Waals surface area contributed by atoms with E-state index in [2.05, 4.69) is 0 Å². The van der Waals surface area contributed by atoms with E-state index < -0.39 is 35.4 Å². The number of nitrogens with zero attached hydrogens (tertiary/aromatic N) is 1. The quantitative estimate of drug-likeness (QED) is 0.645. The molecule has 4 rings (SSSR count). The Morgan fingerprint density at radius 1 is 1.17 bits per heavy atom. The summed E-state index contributed by atoms with van der Waals surface area (Å²) in [6.45, 7) is 3.64. The molecule has 30 heavy (non-hydrogen) atoms. The Labute approximate surface area is 181 Å². The molecule has 1 amide bonds. The molecule has 4 nitrogen and oxygen atoms in total. The Balaban J connectivity index is 1.71. The first-order valence-corrected chi connectivity index (χ1v) is 10.7. The van der Waals surface area contributed by atoms with E-state index in [1.165, 1.54) is 0 Å². The number of alkyl halides is 2. The Hall–Kier alpha value is -2.24. The third-order valence-electron chi connectivity index (χ3n) is 6.09. The fourth-order valence-electron chi connectivity index (χ4n) is 4.77. The van der Waals surface area contributed by atoms with Crippen molar-refractivity contribution in [3.8, 4) is 0 Å². The first-order valence-electron chi connectivity index (χ1n) is 10.2. The van der Waals surface area contributed by atoms with Gasteiger partial charge in [0.2, 0.25) is 5.91 Å². The van der Waals surface area contributed by atoms with Gasteiger partial charge in [0.25, 0.3) is 0 Å². The minimum absolute atomic E-state index is 0.120. The largest absolute Gasteiger partial charge is 0.350 e. The number of ether oxygens (including phenoxy) is 1. The Bertz CT molecular complexity index is 948. The minimum Gasteiger partial charge on any atom is -0.350 e. The molecule has 158 valence electrons. The molecule has 1 aliphatic carbocycles. The van der Waals surface area contributed by atoms with Gasteiger partial charge in [-0.3, -0.25) is 9.59 Å². The number of carbonyl (C=O) groups is 2. The van der Waals surface area contributed by atoms with Gasteiger partial charge in [0.05, 0.1) is 23.9 Å². The Morgan fingerprint density at radius 2 is 1.83 bits per heavy atom. The molecule has 0 bridgehead atoms. The molecule has 0 spiro atoms. The van der Waals surface area contributed by atoms with Crippen molar-refractivity contribution >= 4 is 23.3 Å². The van der Waals surface area contributed by atoms with Crippen molar-refractivity contribution in [2.24, 2.45) is 5.92 Å². The van der Waals surface area contributed by atoms with Gasteiger partial charge < -0.3 is 9.64 Å². The molecule has 0 aromatic heterocycles. The van der Waals surface area contributed by atoms with Crippen molar-refractivity contribution in [2.45, 2.75) is 50.7 Å². The van der Waals surface area contributed by atoms with Gasteiger partial charge in [0, 0.05) is 6.42 Å². The molecule has 0 unspecified atom stereocenters. The van der Waals surface area contributed by atoms with Gasteiger partial charge in [-0.1, -0.05) is 54.6 Å². The highest BCUT2D eigenvalue weighted by atomic mass is 35.5. The van der Waals surface area contributed by atoms with Crippen LogP contribution in [0.3, 0.4) is 0 Å². The molecule has 0 radical (unpaired) electrons. The summed E-state index contributed by atoms with van der Waals surface area (Å²) >= 11 is 5.63. The lowest BCUT2D eigenvalue weighted by molar-refractivity contribution is -0.156. The predicted molar refractivity (Wildman–Crippen MR) is 113 cm³/mol. The second kappa shape index (κ2) is 8.12. The van der Waals surface area contributed by atoms with E-state index in [9.17, 15) is 9.59 Å². The van der Waals surface area contributed by atoms with E-state index in [-0.39, 0.29) is 18.6 Å². The number of Topliss-reactive ketones (excluding diaryl/α,β-unsaturated/α-hetero) is 1. The number of halogens is 2. The second-order valence-electron chi connectivity index (χ2n) is 8.46. The van der Waals surface area contributed by atoms with Crippen molar-refractivity contribution in [1.29, 1.82) is 0 Å². The summed E-state index contributed by atoms with van der Waals surface area (Å²) in [5, 5.41) is 0. The van der Waals surface area contributed by atoms with Crippen molar-refractivity contribution in [2.75, 3.05) is 5.88 Å². The molecule has 0 saturated carbocycles. The van der Waals surface area contributed by atoms with E-state index >= 15 is 4.39 Å². The van der Waals surface area contributed by atoms with Gasteiger partial charge in [-0.05, 0) is 37.0 Å². The fraction of sp³-hybridized carbons (Fsp3) is 0.417. The number of benzene rings is 2. The zero-order valence-corrected chi connectivity index (χ0v) is 17.8. The van der Waals surface area contributed by atoms with Gasteiger partial charge in [-0.15, -0.1) is 11.6 Å². The predicted octanol–water partition coefficient (Wildman–Crippen LogP) is 4.25. The van der Waals surface area contributed by atoms with Gasteiger partial charge in [0.15, 0.2) is 12.0 Å². The summed E-state index contributed by atoms with van der Waals surface area (Å²) in [5.41, 5.74) is 2.05. The Kier molecular flexibility index (Phi) is 5.69. The molecular weight excluding hydrogens is 405 g/mol. The SMILES string of the molecule is CC1(C)O[C@@H]2Cc3ccccc3[C@@H]2N1C(=O)[C@H](Cc1ccccc1)[C@@H](F)C(=O)CCl. The number of ketones is 1. The van der Waals surface area contributed by atoms with E-state index in [0.29, 0.717) is 6.42 Å². The normalized spacial score (nSPS) is 23.5. The average Bonchev–Trinajstić information content (AvgIpc) is 3.21. The van der Waals surface area contributed by atoms with Crippen LogP contribution >= 0.6 is 11.6 Å². The smallest absolute Gasteiger partial charge is 0.232 e. The fourth-order valence-corrected chi connectivity index (χ4v) is 4.92. The van der Waals surface area contributed by atoms with Crippen LogP contribution in [-0.2, 0) is 27.2 Å². The first-order chi connectivity index (χ1) is 14.3. The van der Waals surface area contributed by atoms with Gasteiger partial charge in [-0.2, -0.15) is 0 Å². The molecule has 1 fully saturated rings. The molecule has 6 heteroatoms. The molecule has 2 aliphatic rings. The monoisotopic (exact) mass is 429 g/mol. The van der Waals surface area contributed by atoms with Crippen LogP contribution in [0.25, 0.3) is 0 Å². The topological polar surface area (TPSA) is 46.6 Å². The standard InChI is InChI=1S/C24H25ClFNO3/c1-24(2)27(22-17-11-7-6-10-16(17)13-20(22)30-24)23(29)18(21(26)19(28)14-25)12-15-8-4-3-5-9-15/h3-11,18,20-22H,12-14H2,1-2H3/t18-,20-,21-,22+/m1/s1. The number of fused-ring (bicyclic) bond motifs is 3. The summed E-state index contributed by atoms with van der Waals surface area (Å²) in [4.78, 5) is 27.6. The number of hydrogen-bond acceptors (Lipinski definition) is 3. The average molecular weight is 430 g/mol. The Morgan fingerprint density at radius 3 is 2.53 bits per heavy atom. The highest BCUT2D eigenvalue weighted by molar-refractivity contribution is 6.28. The zero-order valence-electron chi connectivity index (χ0n) is 17.1. The van der Waals surface area contributed by atoms with Crippen LogP contribution in [0.15, 0.2) is 54.6 Å². The number of rotatable bonds is 6. The summed E-state index contributed by atoms with van der Waals surface area (Å²) in [7, 11) is 0. The lowest BCUT2D eigenvalue weighted by Crippen LogP contribution is -2.50. The number of hydrogen-bond donors (Lipinski definition) is 0. The summed E-state index contributed by atoms with van der Waals surface area (Å²) in [5.74, 6) is -2.81. The molecule has 1 heterocycles. The number of amides is 1. The van der Waals surface area contributed by atoms with E-state index in [4.69, 9.17) is 16.3 Å². The van der Waals surface area contributed by atoms with Crippen LogP contribution in [0.2, 0.25) is 0 Å². The summed E-state index contributed by atoms with van der Waals surface area (Å²) in [6, 6.07) is 16.8. The zero-order chi connectivity index (χ0) is 21.5. The number of carbonyl (C=O) groups excluding carboxylic acids is 2. The highest BCUT2D eigenvalue weighted by Gasteiger charge is 2.55. The van der Waals surface area contributed by atoms with Crippen LogP contribution < -0.4 is 0 Å². The van der Waals surface area contributed by atoms with Gasteiger partial charge in [-0.25, -0.2) is 4.39 Å². The maximum Gasteiger partial charge on any atom is 0.232 e. The van der Waals surface area contributed by atoms with Gasteiger partial charge in [0.1, 0.15) is 5.72 Å². The van der Waals surface area contributed by atoms with E-state index in [1.807, 2.05) is 68.4 Å². The van der Waals surface area contributed by atoms with Crippen molar-refractivity contribution in [3.63, 3.8) is 0 Å². The van der Waals surface area contributed by atoms with Crippen LogP contribution in [0.1, 0.15) is 36.6 Å². The molecule has 2 aromatic carbocycles.